The summed E-state index contributed by atoms with van der Waals surface area (Å²) in [6, 6.07) is 12.3. The minimum atomic E-state index is -0.485. The number of allylic oxidation sites excluding steroid dienone is 5. The predicted octanol–water partition coefficient (Wildman–Crippen LogP) is 8.93. The monoisotopic (exact) mass is 606 g/mol. The fraction of sp³-hybridized carbons (Fsp3) is 0.421. The Bertz CT molecular complexity index is 1270. The summed E-state index contributed by atoms with van der Waals surface area (Å²) in [6.45, 7) is 13.1. The third kappa shape index (κ3) is 14.7. The summed E-state index contributed by atoms with van der Waals surface area (Å²) in [7, 11) is 1.64. The van der Waals surface area contributed by atoms with Crippen LogP contribution in [0.2, 0.25) is 0 Å². The summed E-state index contributed by atoms with van der Waals surface area (Å²) in [5, 5.41) is 2.58. The first-order chi connectivity index (χ1) is 20.9. The summed E-state index contributed by atoms with van der Waals surface area (Å²) < 4.78 is 25.2. The number of nitrogens with two attached hydrogens (primary N) is 1. The lowest BCUT2D eigenvalue weighted by Gasteiger charge is -2.22. The number of likely N-dealkylation sites (N-methyl/N-ethyl adjacent to an activating group) is 1. The molecule has 0 aromatic heterocycles. The number of nitrogens with one attached hydrogen (secondary N) is 1. The van der Waals surface area contributed by atoms with Gasteiger partial charge in [-0.3, -0.25) is 4.79 Å². The minimum Gasteiger partial charge on any atom is -0.355 e. The van der Waals surface area contributed by atoms with Crippen molar-refractivity contribution in [1.29, 1.82) is 0 Å². The Morgan fingerprint density at radius 2 is 1.68 bits per heavy atom. The lowest BCUT2D eigenvalue weighted by atomic mass is 9.85. The van der Waals surface area contributed by atoms with Crippen LogP contribution in [-0.4, -0.2) is 19.7 Å². The minimum absolute atomic E-state index is 0.0101. The van der Waals surface area contributed by atoms with Gasteiger partial charge >= 0.3 is 0 Å². The number of hydrogen-bond donors (Lipinski definition) is 2. The van der Waals surface area contributed by atoms with E-state index in [1.807, 2.05) is 25.0 Å². The highest BCUT2D eigenvalue weighted by atomic mass is 19.1. The van der Waals surface area contributed by atoms with E-state index in [-0.39, 0.29) is 11.9 Å². The number of rotatable bonds is 5. The maximum Gasteiger partial charge on any atom is 0.250 e. The number of aryl methyl sites for hydroxylation is 1. The normalized spacial score (nSPS) is 19.1. The topological polar surface area (TPSA) is 72.2 Å². The van der Waals surface area contributed by atoms with Gasteiger partial charge in [0, 0.05) is 24.7 Å². The second kappa shape index (κ2) is 20.3. The highest BCUT2D eigenvalue weighted by molar-refractivity contribution is 5.96. The van der Waals surface area contributed by atoms with Crippen LogP contribution in [0.1, 0.15) is 89.5 Å². The first-order valence-corrected chi connectivity index (χ1v) is 15.5. The summed E-state index contributed by atoms with van der Waals surface area (Å²) in [4.78, 5) is 18.9. The van der Waals surface area contributed by atoms with Crippen LogP contribution in [0.3, 0.4) is 0 Å². The SMILES string of the molecule is C=O.CC1/C=C(CC(C)(C)C)\C=C/Cc2ccccc2C1N.CCCCc1cc(F)cc(F)c1.CNC(=O)C1=CCCC=C1. The maximum absolute atomic E-state index is 12.6. The number of carbonyl (C=O) groups excluding carboxylic acids is 2. The molecule has 2 aromatic rings. The van der Waals surface area contributed by atoms with Crippen molar-refractivity contribution >= 4 is 12.7 Å². The van der Waals surface area contributed by atoms with Crippen molar-refractivity contribution in [2.75, 3.05) is 7.05 Å². The number of carbonyl (C=O) groups is 2. The molecule has 6 heteroatoms. The Kier molecular flexibility index (Phi) is 17.7. The molecule has 2 aliphatic rings. The van der Waals surface area contributed by atoms with Gasteiger partial charge in [0.2, 0.25) is 0 Å². The average Bonchev–Trinajstić information content (AvgIpc) is 3.05. The van der Waals surface area contributed by atoms with E-state index in [1.54, 1.807) is 7.05 Å². The molecule has 240 valence electrons. The molecule has 0 saturated carbocycles. The quantitative estimate of drug-likeness (QED) is 0.357. The smallest absolute Gasteiger partial charge is 0.250 e. The Labute approximate surface area is 264 Å². The van der Waals surface area contributed by atoms with Crippen molar-refractivity contribution in [3.05, 3.63) is 118 Å². The highest BCUT2D eigenvalue weighted by Crippen LogP contribution is 2.31. The van der Waals surface area contributed by atoms with Crippen LogP contribution in [0.5, 0.6) is 0 Å². The molecule has 0 radical (unpaired) electrons. The lowest BCUT2D eigenvalue weighted by Crippen LogP contribution is -2.19. The summed E-state index contributed by atoms with van der Waals surface area (Å²) in [5.74, 6) is -0.602. The van der Waals surface area contributed by atoms with Crippen molar-refractivity contribution in [1.82, 2.24) is 5.32 Å². The predicted molar refractivity (Wildman–Crippen MR) is 180 cm³/mol. The van der Waals surface area contributed by atoms with Crippen LogP contribution in [0.15, 0.2) is 90.1 Å². The summed E-state index contributed by atoms with van der Waals surface area (Å²) in [5.41, 5.74) is 12.4. The molecule has 0 spiro atoms. The molecule has 2 aromatic carbocycles. The van der Waals surface area contributed by atoms with E-state index in [1.165, 1.54) is 28.8 Å². The van der Waals surface area contributed by atoms with Crippen LogP contribution in [0.25, 0.3) is 0 Å². The van der Waals surface area contributed by atoms with E-state index in [4.69, 9.17) is 10.5 Å². The Hall–Kier alpha value is -3.64. The van der Waals surface area contributed by atoms with Gasteiger partial charge in [-0.1, -0.05) is 107 Å². The number of amides is 1. The third-order valence-corrected chi connectivity index (χ3v) is 7.09. The van der Waals surface area contributed by atoms with E-state index in [0.717, 1.165) is 62.1 Å². The van der Waals surface area contributed by atoms with Gasteiger partial charge in [-0.25, -0.2) is 8.78 Å². The maximum atomic E-state index is 12.6. The second-order valence-electron chi connectivity index (χ2n) is 12.3. The molecule has 3 N–H and O–H groups in total. The molecule has 0 fully saturated rings. The molecule has 0 aliphatic heterocycles. The van der Waals surface area contributed by atoms with Crippen LogP contribution < -0.4 is 11.1 Å². The largest absolute Gasteiger partial charge is 0.355 e. The summed E-state index contributed by atoms with van der Waals surface area (Å²) in [6.07, 6.45) is 19.6. The molecule has 1 amide bonds. The van der Waals surface area contributed by atoms with Crippen LogP contribution in [0, 0.1) is 23.0 Å². The second-order valence-corrected chi connectivity index (χ2v) is 12.3. The number of halogens is 2. The first-order valence-electron chi connectivity index (χ1n) is 15.5. The molecule has 0 saturated heterocycles. The van der Waals surface area contributed by atoms with Gasteiger partial charge < -0.3 is 15.8 Å². The number of benzene rings is 2. The number of fused-ring (bicyclic) bond motifs is 1. The standard InChI is InChI=1S/C19H27N.C10H12F2.C8H11NO.CH2O/c1-14-12-15(13-19(2,3)4)8-7-10-16-9-5-6-11-17(16)18(14)20;1-2-3-4-8-5-9(11)7-10(12)6-8;1-9-8(10)7-5-3-2-4-6-7;1-2/h5-9,11-12,14,18H,10,13,20H2,1-4H3;5-7H,2-4H2,1H3;3,5-6H,2,4H2,1H3,(H,9,10);1H2/b8-7-,15-12+;;;. The number of unbranched alkanes of at least 4 members (excludes halogenated alkanes) is 1. The van der Waals surface area contributed by atoms with E-state index in [0.29, 0.717) is 11.3 Å². The van der Waals surface area contributed by atoms with Crippen molar-refractivity contribution in [3.63, 3.8) is 0 Å². The molecule has 4 rings (SSSR count). The van der Waals surface area contributed by atoms with E-state index >= 15 is 0 Å². The number of hydrogen-bond acceptors (Lipinski definition) is 3. The molecular weight excluding hydrogens is 554 g/mol. The zero-order chi connectivity index (χ0) is 33.1. The molecule has 2 aliphatic carbocycles. The van der Waals surface area contributed by atoms with E-state index in [9.17, 15) is 13.6 Å². The average molecular weight is 607 g/mol. The lowest BCUT2D eigenvalue weighted by molar-refractivity contribution is -0.116. The van der Waals surface area contributed by atoms with Crippen molar-refractivity contribution in [2.24, 2.45) is 17.1 Å². The Balaban J connectivity index is 0.000000345. The van der Waals surface area contributed by atoms with E-state index in [2.05, 4.69) is 82.4 Å². The van der Waals surface area contributed by atoms with Crippen LogP contribution >= 0.6 is 0 Å². The van der Waals surface area contributed by atoms with Crippen molar-refractivity contribution in [3.8, 4) is 0 Å². The Morgan fingerprint density at radius 1 is 1.02 bits per heavy atom. The molecular formula is C38H52F2N2O2. The zero-order valence-electron chi connectivity index (χ0n) is 27.5. The third-order valence-electron chi connectivity index (χ3n) is 7.09. The fourth-order valence-corrected chi connectivity index (χ4v) is 4.96. The van der Waals surface area contributed by atoms with Crippen LogP contribution in [-0.2, 0) is 22.4 Å². The molecule has 2 unspecified atom stereocenters. The summed E-state index contributed by atoms with van der Waals surface area (Å²) >= 11 is 0. The highest BCUT2D eigenvalue weighted by Gasteiger charge is 2.19. The van der Waals surface area contributed by atoms with Gasteiger partial charge in [0.25, 0.3) is 5.91 Å². The molecule has 0 heterocycles. The van der Waals surface area contributed by atoms with Gasteiger partial charge in [0.15, 0.2) is 0 Å². The first kappa shape index (κ1) is 38.4. The van der Waals surface area contributed by atoms with Gasteiger partial charge in [0.1, 0.15) is 18.4 Å². The van der Waals surface area contributed by atoms with E-state index < -0.39 is 11.6 Å². The molecule has 2 atom stereocenters. The van der Waals surface area contributed by atoms with Gasteiger partial charge in [0.05, 0.1) is 0 Å². The van der Waals surface area contributed by atoms with Gasteiger partial charge in [-0.15, -0.1) is 0 Å². The Morgan fingerprint density at radius 3 is 2.25 bits per heavy atom. The zero-order valence-corrected chi connectivity index (χ0v) is 27.5. The molecule has 44 heavy (non-hydrogen) atoms. The van der Waals surface area contributed by atoms with Gasteiger partial charge in [-0.2, -0.15) is 0 Å². The van der Waals surface area contributed by atoms with Crippen LogP contribution in [0.4, 0.5) is 8.78 Å². The molecule has 4 nitrogen and oxygen atoms in total. The molecule has 0 bridgehead atoms. The fourth-order valence-electron chi connectivity index (χ4n) is 4.96. The van der Waals surface area contributed by atoms with Gasteiger partial charge in [-0.05, 0) is 78.7 Å². The van der Waals surface area contributed by atoms with Crippen molar-refractivity contribution in [2.45, 2.75) is 85.6 Å². The van der Waals surface area contributed by atoms with Crippen molar-refractivity contribution < 1.29 is 18.4 Å².